The lowest BCUT2D eigenvalue weighted by Crippen LogP contribution is -2.46. The Balaban J connectivity index is 1.84. The number of methoxy groups -OCH3 is 1. The fraction of sp³-hybridized carbons (Fsp3) is 0.368. The second kappa shape index (κ2) is 6.42. The number of halogens is 1. The maximum atomic E-state index is 6.05. The summed E-state index contributed by atoms with van der Waals surface area (Å²) in [6.45, 7) is 8.95. The highest BCUT2D eigenvalue weighted by molar-refractivity contribution is 6.21. The Morgan fingerprint density at radius 1 is 1.35 bits per heavy atom. The minimum absolute atomic E-state index is 0.296. The van der Waals surface area contributed by atoms with E-state index >= 15 is 0 Å². The molecule has 1 fully saturated rings. The Hall–Kier alpha value is -1.71. The second-order valence-corrected chi connectivity index (χ2v) is 6.90. The fourth-order valence-corrected chi connectivity index (χ4v) is 3.40. The van der Waals surface area contributed by atoms with Gasteiger partial charge in [-0.2, -0.15) is 0 Å². The van der Waals surface area contributed by atoms with E-state index in [0.29, 0.717) is 5.38 Å². The van der Waals surface area contributed by atoms with Crippen LogP contribution in [0.4, 0.5) is 0 Å². The van der Waals surface area contributed by atoms with Gasteiger partial charge in [0.2, 0.25) is 0 Å². The number of benzene rings is 1. The molecule has 0 saturated carbocycles. The molecule has 0 aliphatic carbocycles. The van der Waals surface area contributed by atoms with E-state index in [1.807, 2.05) is 7.05 Å². The topological polar surface area (TPSA) is 15.7 Å². The molecule has 2 aliphatic heterocycles. The van der Waals surface area contributed by atoms with Gasteiger partial charge >= 0.3 is 0 Å². The second-order valence-electron chi connectivity index (χ2n) is 6.29. The lowest BCUT2D eigenvalue weighted by atomic mass is 9.98. The number of allylic oxidation sites excluding steroid dienone is 3. The number of likely N-dealkylation sites (N-methyl/N-ethyl adjacent to an activating group) is 1. The van der Waals surface area contributed by atoms with Crippen LogP contribution in [0.15, 0.2) is 48.3 Å². The molecule has 1 aromatic rings. The highest BCUT2D eigenvalue weighted by Crippen LogP contribution is 2.31. The van der Waals surface area contributed by atoms with Crippen LogP contribution in [0.1, 0.15) is 18.1 Å². The normalized spacial score (nSPS) is 19.3. The van der Waals surface area contributed by atoms with Gasteiger partial charge in [-0.25, -0.2) is 0 Å². The summed E-state index contributed by atoms with van der Waals surface area (Å²) in [5.41, 5.74) is 5.75. The Kier molecular flexibility index (Phi) is 4.51. The third-order valence-electron chi connectivity index (χ3n) is 4.51. The van der Waals surface area contributed by atoms with Gasteiger partial charge in [-0.05, 0) is 35.8 Å². The quantitative estimate of drug-likeness (QED) is 0.780. The molecule has 0 spiro atoms. The molecule has 3 rings (SSSR count). The average Bonchev–Trinajstić information content (AvgIpc) is 2.51. The van der Waals surface area contributed by atoms with Gasteiger partial charge in [-0.1, -0.05) is 18.7 Å². The van der Waals surface area contributed by atoms with Crippen LogP contribution in [0.3, 0.4) is 0 Å². The highest BCUT2D eigenvalue weighted by Gasteiger charge is 2.25. The molecule has 2 aliphatic rings. The lowest BCUT2D eigenvalue weighted by molar-refractivity contribution is 0.176. The van der Waals surface area contributed by atoms with Crippen molar-refractivity contribution in [3.63, 3.8) is 0 Å². The predicted molar refractivity (Wildman–Crippen MR) is 96.5 cm³/mol. The van der Waals surface area contributed by atoms with Gasteiger partial charge in [0.25, 0.3) is 0 Å². The van der Waals surface area contributed by atoms with E-state index in [0.717, 1.165) is 36.6 Å². The molecule has 0 atom stereocenters. The van der Waals surface area contributed by atoms with Crippen molar-refractivity contribution >= 4 is 17.2 Å². The highest BCUT2D eigenvalue weighted by atomic mass is 35.5. The van der Waals surface area contributed by atoms with E-state index in [4.69, 9.17) is 16.3 Å². The number of likely N-dealkylation sites (tertiary alicyclic amines) is 1. The van der Waals surface area contributed by atoms with Crippen LogP contribution in [0.5, 0.6) is 5.75 Å². The van der Waals surface area contributed by atoms with Crippen molar-refractivity contribution in [2.24, 2.45) is 0 Å². The van der Waals surface area contributed by atoms with E-state index < -0.39 is 0 Å². The molecular formula is C19H23ClN2O. The molecule has 0 radical (unpaired) electrons. The first-order valence-corrected chi connectivity index (χ1v) is 8.27. The lowest BCUT2D eigenvalue weighted by Gasteiger charge is -2.35. The first kappa shape index (κ1) is 16.2. The Morgan fingerprint density at radius 2 is 2.09 bits per heavy atom. The summed E-state index contributed by atoms with van der Waals surface area (Å²) in [7, 11) is 3.75. The maximum absolute atomic E-state index is 6.05. The number of rotatable bonds is 4. The van der Waals surface area contributed by atoms with Gasteiger partial charge in [-0.15, -0.1) is 11.6 Å². The summed E-state index contributed by atoms with van der Waals surface area (Å²) in [6, 6.07) is 6.43. The summed E-state index contributed by atoms with van der Waals surface area (Å²) in [6.07, 6.45) is 4.28. The van der Waals surface area contributed by atoms with Crippen molar-refractivity contribution in [2.45, 2.75) is 18.8 Å². The summed E-state index contributed by atoms with van der Waals surface area (Å²) >= 11 is 6.05. The molecule has 3 nitrogen and oxygen atoms in total. The Labute approximate surface area is 143 Å². The van der Waals surface area contributed by atoms with Crippen molar-refractivity contribution in [3.05, 3.63) is 59.5 Å². The van der Waals surface area contributed by atoms with Gasteiger partial charge in [-0.3, -0.25) is 4.90 Å². The standard InChI is InChI=1S/C19H23ClN2O/c1-13-7-17(9-21(3)14(13)2)15-5-6-16(19(8-15)23-4)10-22-11-18(20)12-22/h5-9,18H,2,10-12H2,1,3-4H3. The number of hydrogen-bond donors (Lipinski definition) is 0. The molecule has 1 saturated heterocycles. The first-order chi connectivity index (χ1) is 11.0. The Morgan fingerprint density at radius 3 is 2.70 bits per heavy atom. The van der Waals surface area contributed by atoms with Crippen LogP contribution >= 0.6 is 11.6 Å². The molecular weight excluding hydrogens is 308 g/mol. The van der Waals surface area contributed by atoms with Crippen LogP contribution in [0.25, 0.3) is 5.57 Å². The monoisotopic (exact) mass is 330 g/mol. The van der Waals surface area contributed by atoms with E-state index in [2.05, 4.69) is 53.8 Å². The molecule has 23 heavy (non-hydrogen) atoms. The largest absolute Gasteiger partial charge is 0.496 e. The summed E-state index contributed by atoms with van der Waals surface area (Å²) in [4.78, 5) is 4.39. The number of hydrogen-bond acceptors (Lipinski definition) is 3. The number of alkyl halides is 1. The summed E-state index contributed by atoms with van der Waals surface area (Å²) in [5, 5.41) is 0.296. The number of ether oxygens (including phenoxy) is 1. The number of nitrogens with zero attached hydrogens (tertiary/aromatic N) is 2. The third-order valence-corrected chi connectivity index (χ3v) is 4.79. The SMILES string of the molecule is C=C1C(C)=CC(c2ccc(CN3CC(Cl)C3)c(OC)c2)=CN1C. The van der Waals surface area contributed by atoms with Crippen molar-refractivity contribution in [1.29, 1.82) is 0 Å². The fourth-order valence-electron chi connectivity index (χ4n) is 3.01. The minimum Gasteiger partial charge on any atom is -0.496 e. The predicted octanol–water partition coefficient (Wildman–Crippen LogP) is 3.86. The molecule has 122 valence electrons. The van der Waals surface area contributed by atoms with E-state index in [9.17, 15) is 0 Å². The molecule has 0 N–H and O–H groups in total. The summed E-state index contributed by atoms with van der Waals surface area (Å²) in [5.74, 6) is 0.930. The zero-order valence-corrected chi connectivity index (χ0v) is 14.7. The average molecular weight is 331 g/mol. The van der Waals surface area contributed by atoms with Gasteiger partial charge in [0.15, 0.2) is 0 Å². The van der Waals surface area contributed by atoms with Crippen molar-refractivity contribution in [1.82, 2.24) is 9.80 Å². The Bertz CT molecular complexity index is 687. The molecule has 1 aromatic carbocycles. The van der Waals surface area contributed by atoms with Crippen molar-refractivity contribution < 1.29 is 4.74 Å². The molecule has 0 unspecified atom stereocenters. The zero-order chi connectivity index (χ0) is 16.6. The zero-order valence-electron chi connectivity index (χ0n) is 14.0. The van der Waals surface area contributed by atoms with Gasteiger partial charge in [0.05, 0.1) is 12.5 Å². The summed E-state index contributed by atoms with van der Waals surface area (Å²) < 4.78 is 5.61. The van der Waals surface area contributed by atoms with Crippen LogP contribution in [-0.2, 0) is 6.54 Å². The molecule has 0 bridgehead atoms. The van der Waals surface area contributed by atoms with Crippen LogP contribution in [0, 0.1) is 0 Å². The van der Waals surface area contributed by atoms with E-state index in [-0.39, 0.29) is 0 Å². The molecule has 0 aromatic heterocycles. The first-order valence-electron chi connectivity index (χ1n) is 7.84. The van der Waals surface area contributed by atoms with Gasteiger partial charge in [0.1, 0.15) is 5.75 Å². The van der Waals surface area contributed by atoms with Crippen LogP contribution in [-0.4, -0.2) is 42.4 Å². The van der Waals surface area contributed by atoms with E-state index in [1.165, 1.54) is 16.7 Å². The van der Waals surface area contributed by atoms with Crippen molar-refractivity contribution in [2.75, 3.05) is 27.2 Å². The van der Waals surface area contributed by atoms with Crippen LogP contribution < -0.4 is 4.74 Å². The minimum atomic E-state index is 0.296. The van der Waals surface area contributed by atoms with Gasteiger partial charge in [0, 0.05) is 44.1 Å². The molecule has 2 heterocycles. The maximum Gasteiger partial charge on any atom is 0.123 e. The smallest absolute Gasteiger partial charge is 0.123 e. The van der Waals surface area contributed by atoms with Gasteiger partial charge < -0.3 is 9.64 Å². The third kappa shape index (κ3) is 3.31. The molecule has 4 heteroatoms. The van der Waals surface area contributed by atoms with E-state index in [1.54, 1.807) is 7.11 Å². The van der Waals surface area contributed by atoms with Crippen LogP contribution in [0.2, 0.25) is 0 Å². The van der Waals surface area contributed by atoms with Crippen molar-refractivity contribution in [3.8, 4) is 5.75 Å². The molecule has 0 amide bonds.